The van der Waals surface area contributed by atoms with E-state index in [1.54, 1.807) is 32.4 Å². The number of anilines is 1. The Balaban J connectivity index is 1.67. The van der Waals surface area contributed by atoms with E-state index in [0.29, 0.717) is 35.6 Å². The molecule has 1 N–H and O–H groups in total. The quantitative estimate of drug-likeness (QED) is 0.859. The Morgan fingerprint density at radius 3 is 2.67 bits per heavy atom. The monoisotopic (exact) mass is 374 g/mol. The van der Waals surface area contributed by atoms with Crippen LogP contribution in [0.4, 0.5) is 5.69 Å². The maximum atomic E-state index is 12.8. The van der Waals surface area contributed by atoms with Crippen LogP contribution in [-0.2, 0) is 9.59 Å². The number of hydrogen-bond donors (Lipinski definition) is 1. The lowest BCUT2D eigenvalue weighted by Gasteiger charge is -2.40. The number of likely N-dealkylation sites (tertiary alicyclic amines) is 1. The molecular formula is C21H30N2O4. The summed E-state index contributed by atoms with van der Waals surface area (Å²) >= 11 is 0. The van der Waals surface area contributed by atoms with Gasteiger partial charge in [-0.2, -0.15) is 0 Å². The molecule has 27 heavy (non-hydrogen) atoms. The van der Waals surface area contributed by atoms with Crippen molar-refractivity contribution in [3.05, 3.63) is 18.2 Å². The SMILES string of the molecule is COc1ccc(NC(=O)[C@@H]2CC(=O)N([C@H]3CCC[C@H](C)[C@H]3C)C2)c(OC)c1. The fraction of sp³-hybridized carbons (Fsp3) is 0.619. The average Bonchev–Trinajstić information content (AvgIpc) is 3.06. The summed E-state index contributed by atoms with van der Waals surface area (Å²) < 4.78 is 10.5. The van der Waals surface area contributed by atoms with Crippen LogP contribution in [0.2, 0.25) is 0 Å². The van der Waals surface area contributed by atoms with Crippen LogP contribution >= 0.6 is 0 Å². The van der Waals surface area contributed by atoms with E-state index in [4.69, 9.17) is 9.47 Å². The van der Waals surface area contributed by atoms with Crippen LogP contribution in [0, 0.1) is 17.8 Å². The molecule has 4 atom stereocenters. The maximum Gasteiger partial charge on any atom is 0.229 e. The van der Waals surface area contributed by atoms with Crippen LogP contribution in [-0.4, -0.2) is 43.5 Å². The van der Waals surface area contributed by atoms with Crippen molar-refractivity contribution in [2.45, 2.75) is 45.6 Å². The van der Waals surface area contributed by atoms with Crippen molar-refractivity contribution < 1.29 is 19.1 Å². The molecule has 1 saturated heterocycles. The van der Waals surface area contributed by atoms with Gasteiger partial charge in [-0.3, -0.25) is 9.59 Å². The van der Waals surface area contributed by atoms with Crippen LogP contribution in [0.3, 0.4) is 0 Å². The zero-order valence-corrected chi connectivity index (χ0v) is 16.7. The van der Waals surface area contributed by atoms with E-state index in [1.165, 1.54) is 6.42 Å². The van der Waals surface area contributed by atoms with Crippen LogP contribution in [0.15, 0.2) is 18.2 Å². The Kier molecular flexibility index (Phi) is 5.92. The molecule has 1 aromatic rings. The molecule has 0 bridgehead atoms. The Hall–Kier alpha value is -2.24. The van der Waals surface area contributed by atoms with Gasteiger partial charge < -0.3 is 19.7 Å². The molecule has 6 nitrogen and oxygen atoms in total. The number of carbonyl (C=O) groups excluding carboxylic acids is 2. The molecule has 148 valence electrons. The molecule has 0 radical (unpaired) electrons. The van der Waals surface area contributed by atoms with Gasteiger partial charge in [0.25, 0.3) is 0 Å². The molecule has 2 amide bonds. The van der Waals surface area contributed by atoms with E-state index in [9.17, 15) is 9.59 Å². The second kappa shape index (κ2) is 8.19. The van der Waals surface area contributed by atoms with Gasteiger partial charge in [0.15, 0.2) is 0 Å². The number of hydrogen-bond acceptors (Lipinski definition) is 4. The van der Waals surface area contributed by atoms with Crippen molar-refractivity contribution in [2.24, 2.45) is 17.8 Å². The third-order valence-electron chi connectivity index (χ3n) is 6.26. The zero-order chi connectivity index (χ0) is 19.6. The summed E-state index contributed by atoms with van der Waals surface area (Å²) in [5.41, 5.74) is 0.592. The second-order valence-corrected chi connectivity index (χ2v) is 7.84. The molecule has 0 unspecified atom stereocenters. The number of methoxy groups -OCH3 is 2. The Morgan fingerprint density at radius 1 is 1.19 bits per heavy atom. The van der Waals surface area contributed by atoms with Gasteiger partial charge >= 0.3 is 0 Å². The van der Waals surface area contributed by atoms with Crippen LogP contribution < -0.4 is 14.8 Å². The van der Waals surface area contributed by atoms with Crippen molar-refractivity contribution in [3.63, 3.8) is 0 Å². The van der Waals surface area contributed by atoms with Gasteiger partial charge in [-0.25, -0.2) is 0 Å². The summed E-state index contributed by atoms with van der Waals surface area (Å²) in [7, 11) is 3.13. The first-order valence-corrected chi connectivity index (χ1v) is 9.77. The molecule has 0 aromatic heterocycles. The van der Waals surface area contributed by atoms with Gasteiger partial charge in [-0.05, 0) is 30.4 Å². The van der Waals surface area contributed by atoms with Crippen molar-refractivity contribution >= 4 is 17.5 Å². The Morgan fingerprint density at radius 2 is 1.96 bits per heavy atom. The van der Waals surface area contributed by atoms with Crippen LogP contribution in [0.1, 0.15) is 39.5 Å². The minimum atomic E-state index is -0.325. The molecule has 1 heterocycles. The van der Waals surface area contributed by atoms with E-state index in [2.05, 4.69) is 19.2 Å². The van der Waals surface area contributed by atoms with E-state index in [-0.39, 0.29) is 30.2 Å². The number of nitrogens with one attached hydrogen (secondary N) is 1. The lowest BCUT2D eigenvalue weighted by atomic mass is 9.77. The first-order valence-electron chi connectivity index (χ1n) is 9.77. The summed E-state index contributed by atoms with van der Waals surface area (Å²) in [6.07, 6.45) is 3.69. The molecule has 3 rings (SSSR count). The predicted octanol–water partition coefficient (Wildman–Crippen LogP) is 3.32. The topological polar surface area (TPSA) is 67.9 Å². The lowest BCUT2D eigenvalue weighted by molar-refractivity contribution is -0.131. The number of ether oxygens (including phenoxy) is 2. The molecule has 6 heteroatoms. The van der Waals surface area contributed by atoms with Gasteiger partial charge in [-0.15, -0.1) is 0 Å². The first-order chi connectivity index (χ1) is 12.9. The van der Waals surface area contributed by atoms with Crippen molar-refractivity contribution in [3.8, 4) is 11.5 Å². The molecule has 2 aliphatic rings. The summed E-state index contributed by atoms with van der Waals surface area (Å²) in [6.45, 7) is 5.00. The Labute approximate surface area is 161 Å². The molecule has 1 aromatic carbocycles. The first kappa shape index (κ1) is 19.5. The van der Waals surface area contributed by atoms with Gasteiger partial charge in [0, 0.05) is 25.1 Å². The zero-order valence-electron chi connectivity index (χ0n) is 16.7. The van der Waals surface area contributed by atoms with Gasteiger partial charge in [0.2, 0.25) is 11.8 Å². The third kappa shape index (κ3) is 4.04. The summed E-state index contributed by atoms with van der Waals surface area (Å²) in [6, 6.07) is 5.52. The third-order valence-corrected chi connectivity index (χ3v) is 6.26. The van der Waals surface area contributed by atoms with Gasteiger partial charge in [0.05, 0.1) is 25.8 Å². The van der Waals surface area contributed by atoms with Gasteiger partial charge in [0.1, 0.15) is 11.5 Å². The standard InChI is InChI=1S/C21H30N2O4/c1-13-6-5-7-18(14(13)2)23-12-15(10-20(23)24)21(25)22-17-9-8-16(26-3)11-19(17)27-4/h8-9,11,13-15,18H,5-7,10,12H2,1-4H3,(H,22,25)/t13-,14+,15+,18-/m0/s1. The van der Waals surface area contributed by atoms with Crippen molar-refractivity contribution in [1.82, 2.24) is 4.90 Å². The van der Waals surface area contributed by atoms with E-state index < -0.39 is 0 Å². The van der Waals surface area contributed by atoms with Gasteiger partial charge in [-0.1, -0.05) is 26.7 Å². The fourth-order valence-corrected chi connectivity index (χ4v) is 4.36. The minimum Gasteiger partial charge on any atom is -0.497 e. The van der Waals surface area contributed by atoms with Crippen molar-refractivity contribution in [1.29, 1.82) is 0 Å². The minimum absolute atomic E-state index is 0.0998. The average molecular weight is 374 g/mol. The molecule has 1 aliphatic heterocycles. The highest BCUT2D eigenvalue weighted by Crippen LogP contribution is 2.36. The number of benzene rings is 1. The highest BCUT2D eigenvalue weighted by molar-refractivity contribution is 5.98. The molecule has 2 fully saturated rings. The summed E-state index contributed by atoms with van der Waals surface area (Å²) in [4.78, 5) is 27.3. The van der Waals surface area contributed by atoms with E-state index in [0.717, 1.165) is 12.8 Å². The highest BCUT2D eigenvalue weighted by atomic mass is 16.5. The second-order valence-electron chi connectivity index (χ2n) is 7.84. The summed E-state index contributed by atoms with van der Waals surface area (Å²) in [5, 5.41) is 2.92. The normalized spacial score (nSPS) is 28.1. The van der Waals surface area contributed by atoms with Crippen LogP contribution in [0.5, 0.6) is 11.5 Å². The number of amides is 2. The highest BCUT2D eigenvalue weighted by Gasteiger charge is 2.41. The molecule has 1 saturated carbocycles. The molecular weight excluding hydrogens is 344 g/mol. The number of carbonyl (C=O) groups is 2. The fourth-order valence-electron chi connectivity index (χ4n) is 4.36. The number of rotatable bonds is 5. The molecule has 0 spiro atoms. The van der Waals surface area contributed by atoms with E-state index in [1.807, 2.05) is 4.90 Å². The molecule has 1 aliphatic carbocycles. The van der Waals surface area contributed by atoms with E-state index >= 15 is 0 Å². The lowest BCUT2D eigenvalue weighted by Crippen LogP contribution is -2.45. The maximum absolute atomic E-state index is 12.8. The smallest absolute Gasteiger partial charge is 0.229 e. The number of nitrogens with zero attached hydrogens (tertiary/aromatic N) is 1. The summed E-state index contributed by atoms with van der Waals surface area (Å²) in [5.74, 6) is 1.94. The van der Waals surface area contributed by atoms with Crippen molar-refractivity contribution in [2.75, 3.05) is 26.1 Å². The predicted molar refractivity (Wildman–Crippen MR) is 104 cm³/mol. The van der Waals surface area contributed by atoms with Crippen LogP contribution in [0.25, 0.3) is 0 Å². The Bertz CT molecular complexity index is 705. The largest absolute Gasteiger partial charge is 0.497 e.